The van der Waals surface area contributed by atoms with Crippen molar-refractivity contribution in [3.05, 3.63) is 77.9 Å². The van der Waals surface area contributed by atoms with Crippen molar-refractivity contribution in [2.45, 2.75) is 27.7 Å². The van der Waals surface area contributed by atoms with Gasteiger partial charge in [0.25, 0.3) is 5.91 Å². The van der Waals surface area contributed by atoms with Gasteiger partial charge in [-0.05, 0) is 63.6 Å². The average Bonchev–Trinajstić information content (AvgIpc) is 3.30. The minimum absolute atomic E-state index is 0.279. The number of amides is 2. The van der Waals surface area contributed by atoms with E-state index in [0.717, 1.165) is 16.1 Å². The standard InChI is InChI=1S/C32H38N4O6S/c1-6-35(7-2)29(37)21-36(43(5,39)40)24-17-15-23(16-18-24)33-31(22-13-11-10-12-14-22)30-25-19-27(41-8-3)28(42-9-4)20-26(25)34-32(30)38/h10-20,33H,6-9,21H2,1-5H3,(H,34,38). The molecular formula is C32H38N4O6S. The summed E-state index contributed by atoms with van der Waals surface area (Å²) in [5.41, 5.74) is 4.02. The molecule has 3 aromatic carbocycles. The van der Waals surface area contributed by atoms with Gasteiger partial charge in [-0.15, -0.1) is 0 Å². The molecule has 0 fully saturated rings. The maximum absolute atomic E-state index is 13.4. The molecule has 2 N–H and O–H groups in total. The van der Waals surface area contributed by atoms with E-state index in [0.29, 0.717) is 71.7 Å². The predicted molar refractivity (Wildman–Crippen MR) is 171 cm³/mol. The van der Waals surface area contributed by atoms with Gasteiger partial charge in [-0.2, -0.15) is 0 Å². The number of benzene rings is 3. The van der Waals surface area contributed by atoms with Crippen molar-refractivity contribution >= 4 is 50.2 Å². The summed E-state index contributed by atoms with van der Waals surface area (Å²) in [6.07, 6.45) is 1.08. The number of carbonyl (C=O) groups is 2. The molecule has 11 heteroatoms. The van der Waals surface area contributed by atoms with Crippen LogP contribution < -0.4 is 24.4 Å². The van der Waals surface area contributed by atoms with Crippen LogP contribution in [0.1, 0.15) is 38.8 Å². The van der Waals surface area contributed by atoms with Crippen molar-refractivity contribution in [3.63, 3.8) is 0 Å². The molecule has 4 rings (SSSR count). The molecule has 1 aliphatic heterocycles. The zero-order valence-corrected chi connectivity index (χ0v) is 26.0. The fourth-order valence-corrected chi connectivity index (χ4v) is 5.75. The van der Waals surface area contributed by atoms with Gasteiger partial charge in [0.2, 0.25) is 15.9 Å². The molecule has 10 nitrogen and oxygen atoms in total. The first-order valence-corrected chi connectivity index (χ1v) is 16.1. The van der Waals surface area contributed by atoms with Crippen LogP contribution in [0.25, 0.3) is 11.3 Å². The molecule has 0 atom stereocenters. The number of nitrogens with zero attached hydrogens (tertiary/aromatic N) is 2. The molecule has 228 valence electrons. The quantitative estimate of drug-likeness (QED) is 0.262. The first-order chi connectivity index (χ1) is 20.6. The number of fused-ring (bicyclic) bond motifs is 1. The van der Waals surface area contributed by atoms with Crippen LogP contribution in [0, 0.1) is 0 Å². The summed E-state index contributed by atoms with van der Waals surface area (Å²) in [4.78, 5) is 27.8. The molecular weight excluding hydrogens is 568 g/mol. The van der Waals surface area contributed by atoms with E-state index < -0.39 is 10.0 Å². The summed E-state index contributed by atoms with van der Waals surface area (Å²) in [7, 11) is -3.73. The van der Waals surface area contributed by atoms with Crippen molar-refractivity contribution in [2.75, 3.05) is 54.0 Å². The normalized spacial score (nSPS) is 13.6. The van der Waals surface area contributed by atoms with Crippen LogP contribution in [0.2, 0.25) is 0 Å². The number of likely N-dealkylation sites (N-methyl/N-ethyl adjacent to an activating group) is 1. The van der Waals surface area contributed by atoms with E-state index in [1.807, 2.05) is 64.1 Å². The zero-order chi connectivity index (χ0) is 31.1. The second kappa shape index (κ2) is 13.6. The van der Waals surface area contributed by atoms with Crippen LogP contribution in [0.15, 0.2) is 66.7 Å². The van der Waals surface area contributed by atoms with E-state index in [-0.39, 0.29) is 18.4 Å². The molecule has 43 heavy (non-hydrogen) atoms. The van der Waals surface area contributed by atoms with Crippen LogP contribution >= 0.6 is 0 Å². The molecule has 0 radical (unpaired) electrons. The van der Waals surface area contributed by atoms with E-state index in [2.05, 4.69) is 10.6 Å². The number of ether oxygens (including phenoxy) is 2. The molecule has 3 aromatic rings. The molecule has 0 spiro atoms. The average molecular weight is 607 g/mol. The van der Waals surface area contributed by atoms with E-state index in [1.54, 1.807) is 35.2 Å². The minimum Gasteiger partial charge on any atom is -0.490 e. The first kappa shape index (κ1) is 31.4. The van der Waals surface area contributed by atoms with Crippen LogP contribution in [0.5, 0.6) is 11.5 Å². The highest BCUT2D eigenvalue weighted by Gasteiger charge is 2.31. The third-order valence-corrected chi connectivity index (χ3v) is 8.10. The van der Waals surface area contributed by atoms with E-state index in [4.69, 9.17) is 9.47 Å². The molecule has 0 aliphatic carbocycles. The number of hydrogen-bond acceptors (Lipinski definition) is 7. The Hall–Kier alpha value is -4.51. The second-order valence-electron chi connectivity index (χ2n) is 9.79. The minimum atomic E-state index is -3.73. The van der Waals surface area contributed by atoms with Crippen molar-refractivity contribution in [1.82, 2.24) is 4.90 Å². The van der Waals surface area contributed by atoms with Crippen molar-refractivity contribution < 1.29 is 27.5 Å². The lowest BCUT2D eigenvalue weighted by atomic mass is 9.99. The van der Waals surface area contributed by atoms with Crippen LogP contribution in [-0.4, -0.2) is 64.2 Å². The van der Waals surface area contributed by atoms with Crippen molar-refractivity contribution in [1.29, 1.82) is 0 Å². The van der Waals surface area contributed by atoms with Crippen LogP contribution in [0.4, 0.5) is 17.1 Å². The Bertz CT molecular complexity index is 1600. The fraction of sp³-hybridized carbons (Fsp3) is 0.312. The van der Waals surface area contributed by atoms with Gasteiger partial charge in [0.05, 0.1) is 42.1 Å². The van der Waals surface area contributed by atoms with E-state index in [9.17, 15) is 18.0 Å². The van der Waals surface area contributed by atoms with Gasteiger partial charge in [0.1, 0.15) is 6.54 Å². The topological polar surface area (TPSA) is 117 Å². The lowest BCUT2D eigenvalue weighted by Gasteiger charge is -2.26. The monoisotopic (exact) mass is 606 g/mol. The maximum Gasteiger partial charge on any atom is 0.258 e. The Morgan fingerprint density at radius 3 is 2.05 bits per heavy atom. The molecule has 2 amide bonds. The van der Waals surface area contributed by atoms with Crippen molar-refractivity contribution in [3.8, 4) is 11.5 Å². The van der Waals surface area contributed by atoms with Crippen LogP contribution in [-0.2, 0) is 19.6 Å². The molecule has 0 bridgehead atoms. The Balaban J connectivity index is 1.75. The molecule has 1 heterocycles. The predicted octanol–water partition coefficient (Wildman–Crippen LogP) is 5.05. The molecule has 0 aromatic heterocycles. The van der Waals surface area contributed by atoms with Gasteiger partial charge in [0, 0.05) is 30.4 Å². The van der Waals surface area contributed by atoms with Gasteiger partial charge in [-0.25, -0.2) is 8.42 Å². The third-order valence-electron chi connectivity index (χ3n) is 6.96. The van der Waals surface area contributed by atoms with Crippen LogP contribution in [0.3, 0.4) is 0 Å². The summed E-state index contributed by atoms with van der Waals surface area (Å²) in [5.74, 6) is 0.518. The van der Waals surface area contributed by atoms with E-state index >= 15 is 0 Å². The number of rotatable bonds is 13. The highest BCUT2D eigenvalue weighted by atomic mass is 32.2. The maximum atomic E-state index is 13.4. The van der Waals surface area contributed by atoms with Gasteiger partial charge >= 0.3 is 0 Å². The molecule has 0 saturated heterocycles. The highest BCUT2D eigenvalue weighted by Crippen LogP contribution is 2.43. The Morgan fingerprint density at radius 1 is 0.884 bits per heavy atom. The second-order valence-corrected chi connectivity index (χ2v) is 11.7. The van der Waals surface area contributed by atoms with Crippen molar-refractivity contribution in [2.24, 2.45) is 0 Å². The third kappa shape index (κ3) is 7.11. The zero-order valence-electron chi connectivity index (χ0n) is 25.1. The number of nitrogens with one attached hydrogen (secondary N) is 2. The van der Waals surface area contributed by atoms with Gasteiger partial charge in [-0.1, -0.05) is 30.3 Å². The SMILES string of the molecule is CCOc1cc2c(cc1OCC)C(=C(Nc1ccc(N(CC(=O)N(CC)CC)S(C)(=O)=O)cc1)c1ccccc1)C(=O)N2. The summed E-state index contributed by atoms with van der Waals surface area (Å²) in [6.45, 7) is 9.03. The lowest BCUT2D eigenvalue weighted by molar-refractivity contribution is -0.129. The largest absolute Gasteiger partial charge is 0.490 e. The number of carbonyl (C=O) groups excluding carboxylic acids is 2. The fourth-order valence-electron chi connectivity index (χ4n) is 4.90. The molecule has 1 aliphatic rings. The summed E-state index contributed by atoms with van der Waals surface area (Å²) < 4.78 is 38.0. The van der Waals surface area contributed by atoms with Gasteiger partial charge in [-0.3, -0.25) is 13.9 Å². The first-order valence-electron chi connectivity index (χ1n) is 14.3. The molecule has 0 saturated carbocycles. The van der Waals surface area contributed by atoms with Gasteiger partial charge < -0.3 is 25.0 Å². The molecule has 0 unspecified atom stereocenters. The Morgan fingerprint density at radius 2 is 1.49 bits per heavy atom. The summed E-state index contributed by atoms with van der Waals surface area (Å²) in [6, 6.07) is 19.7. The number of anilines is 3. The Labute approximate surface area is 253 Å². The highest BCUT2D eigenvalue weighted by molar-refractivity contribution is 7.92. The number of sulfonamides is 1. The Kier molecular flexibility index (Phi) is 9.97. The van der Waals surface area contributed by atoms with E-state index in [1.165, 1.54) is 0 Å². The summed E-state index contributed by atoms with van der Waals surface area (Å²) >= 11 is 0. The number of hydrogen-bond donors (Lipinski definition) is 2. The smallest absolute Gasteiger partial charge is 0.258 e. The van der Waals surface area contributed by atoms with Gasteiger partial charge in [0.15, 0.2) is 11.5 Å². The lowest BCUT2D eigenvalue weighted by Crippen LogP contribution is -2.42. The summed E-state index contributed by atoms with van der Waals surface area (Å²) in [5, 5.41) is 6.33.